The minimum atomic E-state index is 0. The van der Waals surface area contributed by atoms with Crippen molar-refractivity contribution in [3.8, 4) is 0 Å². The molecule has 6 nitrogen and oxygen atoms in total. The zero-order valence-corrected chi connectivity index (χ0v) is 22.6. The van der Waals surface area contributed by atoms with Crippen molar-refractivity contribution in [2.75, 3.05) is 46.4 Å². The Hall–Kier alpha value is -1.68. The van der Waals surface area contributed by atoms with Crippen LogP contribution in [0.25, 0.3) is 0 Å². The molecule has 1 unspecified atom stereocenters. The number of guanidine groups is 1. The molecule has 2 aromatic rings. The number of ether oxygens (including phenoxy) is 1. The predicted octanol–water partition coefficient (Wildman–Crippen LogP) is 3.71. The zero-order chi connectivity index (χ0) is 22.6. The molecule has 1 aliphatic rings. The fourth-order valence-electron chi connectivity index (χ4n) is 3.80. The molecule has 0 aromatic heterocycles. The average Bonchev–Trinajstić information content (AvgIpc) is 2.82. The molecule has 1 heterocycles. The Labute approximate surface area is 216 Å². The first-order chi connectivity index (χ1) is 15.7. The average molecular weight is 566 g/mol. The lowest BCUT2D eigenvalue weighted by Crippen LogP contribution is -2.44. The van der Waals surface area contributed by atoms with Crippen molar-refractivity contribution in [2.24, 2.45) is 4.99 Å². The number of benzene rings is 2. The highest BCUT2D eigenvalue weighted by Gasteiger charge is 2.13. The summed E-state index contributed by atoms with van der Waals surface area (Å²) >= 11 is 0. The van der Waals surface area contributed by atoms with Gasteiger partial charge in [-0.25, -0.2) is 4.99 Å². The van der Waals surface area contributed by atoms with E-state index in [4.69, 9.17) is 9.73 Å². The Morgan fingerprint density at radius 1 is 1.03 bits per heavy atom. The van der Waals surface area contributed by atoms with Crippen LogP contribution < -0.4 is 10.6 Å². The third kappa shape index (κ3) is 9.60. The zero-order valence-electron chi connectivity index (χ0n) is 20.3. The molecule has 1 saturated heterocycles. The van der Waals surface area contributed by atoms with Crippen molar-refractivity contribution in [3.05, 3.63) is 71.3 Å². The van der Waals surface area contributed by atoms with Gasteiger partial charge in [0.25, 0.3) is 0 Å². The summed E-state index contributed by atoms with van der Waals surface area (Å²) in [5, 5.41) is 6.92. The van der Waals surface area contributed by atoms with Crippen molar-refractivity contribution in [1.29, 1.82) is 0 Å². The Morgan fingerprint density at radius 2 is 1.70 bits per heavy atom. The molecule has 2 N–H and O–H groups in total. The number of aliphatic imine (C=N–C) groups is 1. The summed E-state index contributed by atoms with van der Waals surface area (Å²) in [6.07, 6.45) is 0. The van der Waals surface area contributed by atoms with Crippen LogP contribution in [0.1, 0.15) is 30.5 Å². The van der Waals surface area contributed by atoms with Gasteiger partial charge in [-0.2, -0.15) is 0 Å². The number of likely N-dealkylation sites (N-methyl/N-ethyl adjacent to an activating group) is 1. The van der Waals surface area contributed by atoms with Crippen LogP contribution in [-0.4, -0.2) is 68.2 Å². The van der Waals surface area contributed by atoms with Gasteiger partial charge in [-0.1, -0.05) is 54.6 Å². The van der Waals surface area contributed by atoms with Crippen LogP contribution in [0, 0.1) is 0 Å². The third-order valence-electron chi connectivity index (χ3n) is 5.96. The monoisotopic (exact) mass is 565 g/mol. The molecule has 3 rings (SSSR count). The smallest absolute Gasteiger partial charge is 0.191 e. The minimum absolute atomic E-state index is 0. The van der Waals surface area contributed by atoms with Crippen LogP contribution in [0.2, 0.25) is 0 Å². The molecule has 0 bridgehead atoms. The largest absolute Gasteiger partial charge is 0.379 e. The molecule has 0 saturated carbocycles. The number of nitrogens with one attached hydrogen (secondary N) is 2. The van der Waals surface area contributed by atoms with E-state index in [1.807, 2.05) is 0 Å². The van der Waals surface area contributed by atoms with Crippen LogP contribution in [0.4, 0.5) is 0 Å². The second-order valence-electron chi connectivity index (χ2n) is 8.48. The van der Waals surface area contributed by atoms with Crippen molar-refractivity contribution >= 4 is 29.9 Å². The maximum Gasteiger partial charge on any atom is 0.191 e. The fraction of sp³-hybridized carbons (Fsp3) is 0.500. The molecule has 0 aliphatic carbocycles. The summed E-state index contributed by atoms with van der Waals surface area (Å²) < 4.78 is 5.49. The van der Waals surface area contributed by atoms with Gasteiger partial charge in [0.1, 0.15) is 0 Å². The first-order valence-electron chi connectivity index (χ1n) is 11.8. The molecule has 2 aromatic carbocycles. The molecule has 1 fully saturated rings. The van der Waals surface area contributed by atoms with Crippen molar-refractivity contribution in [2.45, 2.75) is 39.5 Å². The van der Waals surface area contributed by atoms with E-state index in [2.05, 4.69) is 95.9 Å². The molecule has 33 heavy (non-hydrogen) atoms. The Kier molecular flexibility index (Phi) is 12.8. The first-order valence-corrected chi connectivity index (χ1v) is 11.8. The lowest BCUT2D eigenvalue weighted by atomic mass is 10.1. The maximum absolute atomic E-state index is 5.49. The van der Waals surface area contributed by atoms with E-state index in [9.17, 15) is 0 Å². The van der Waals surface area contributed by atoms with Gasteiger partial charge in [0.2, 0.25) is 0 Å². The van der Waals surface area contributed by atoms with E-state index < -0.39 is 0 Å². The van der Waals surface area contributed by atoms with Gasteiger partial charge in [-0.05, 0) is 37.6 Å². The molecule has 1 atom stereocenters. The maximum atomic E-state index is 5.49. The van der Waals surface area contributed by atoms with Crippen LogP contribution >= 0.6 is 24.0 Å². The standard InChI is InChI=1S/C26H39N5O.HI/c1-4-27-26(28-18-22(2)30(3)20-23-10-6-5-7-11-23)29-19-24-12-8-9-13-25(24)21-31-14-16-32-17-15-31;/h5-13,22H,4,14-21H2,1-3H3,(H2,27,28,29);1H. The number of hydrogen-bond donors (Lipinski definition) is 2. The summed E-state index contributed by atoms with van der Waals surface area (Å²) in [5.74, 6) is 0.869. The Morgan fingerprint density at radius 3 is 2.39 bits per heavy atom. The molecule has 182 valence electrons. The molecule has 1 aliphatic heterocycles. The number of nitrogens with zero attached hydrogens (tertiary/aromatic N) is 3. The summed E-state index contributed by atoms with van der Waals surface area (Å²) in [6, 6.07) is 19.6. The van der Waals surface area contributed by atoms with E-state index in [0.717, 1.165) is 58.4 Å². The second-order valence-corrected chi connectivity index (χ2v) is 8.48. The number of halogens is 1. The van der Waals surface area contributed by atoms with Gasteiger partial charge in [0, 0.05) is 45.3 Å². The SMILES string of the molecule is CCNC(=NCc1ccccc1CN1CCOCC1)NCC(C)N(C)Cc1ccccc1.I. The molecular formula is C26H40IN5O. The van der Waals surface area contributed by atoms with Crippen LogP contribution in [0.3, 0.4) is 0 Å². The van der Waals surface area contributed by atoms with Crippen LogP contribution in [0.5, 0.6) is 0 Å². The third-order valence-corrected chi connectivity index (χ3v) is 5.96. The Balaban J connectivity index is 0.00000385. The van der Waals surface area contributed by atoms with Gasteiger partial charge in [-0.15, -0.1) is 24.0 Å². The quantitative estimate of drug-likeness (QED) is 0.262. The number of morpholine rings is 1. The summed E-state index contributed by atoms with van der Waals surface area (Å²) in [4.78, 5) is 9.71. The van der Waals surface area contributed by atoms with Gasteiger partial charge < -0.3 is 15.4 Å². The summed E-state index contributed by atoms with van der Waals surface area (Å²) in [7, 11) is 2.17. The first kappa shape index (κ1) is 27.6. The minimum Gasteiger partial charge on any atom is -0.379 e. The lowest BCUT2D eigenvalue weighted by molar-refractivity contribution is 0.0341. The highest BCUT2D eigenvalue weighted by Crippen LogP contribution is 2.14. The normalized spacial score (nSPS) is 15.7. The van der Waals surface area contributed by atoms with Crippen molar-refractivity contribution in [3.63, 3.8) is 0 Å². The number of hydrogen-bond acceptors (Lipinski definition) is 4. The van der Waals surface area contributed by atoms with E-state index in [1.165, 1.54) is 16.7 Å². The predicted molar refractivity (Wildman–Crippen MR) is 148 cm³/mol. The number of rotatable bonds is 10. The van der Waals surface area contributed by atoms with Gasteiger partial charge >= 0.3 is 0 Å². The summed E-state index contributed by atoms with van der Waals surface area (Å²) in [6.45, 7) is 12.2. The van der Waals surface area contributed by atoms with Crippen molar-refractivity contribution < 1.29 is 4.74 Å². The van der Waals surface area contributed by atoms with Gasteiger partial charge in [0.05, 0.1) is 19.8 Å². The van der Waals surface area contributed by atoms with E-state index >= 15 is 0 Å². The molecule has 7 heteroatoms. The molecule has 0 amide bonds. The highest BCUT2D eigenvalue weighted by molar-refractivity contribution is 14.0. The van der Waals surface area contributed by atoms with E-state index in [1.54, 1.807) is 0 Å². The lowest BCUT2D eigenvalue weighted by Gasteiger charge is -2.27. The van der Waals surface area contributed by atoms with E-state index in [-0.39, 0.29) is 24.0 Å². The second kappa shape index (κ2) is 15.3. The molecular weight excluding hydrogens is 525 g/mol. The van der Waals surface area contributed by atoms with Crippen molar-refractivity contribution in [1.82, 2.24) is 20.4 Å². The topological polar surface area (TPSA) is 52.1 Å². The van der Waals surface area contributed by atoms with E-state index in [0.29, 0.717) is 12.6 Å². The molecule has 0 radical (unpaired) electrons. The highest BCUT2D eigenvalue weighted by atomic mass is 127. The summed E-state index contributed by atoms with van der Waals surface area (Å²) in [5.41, 5.74) is 3.97. The molecule has 0 spiro atoms. The van der Waals surface area contributed by atoms with Gasteiger partial charge in [-0.3, -0.25) is 9.80 Å². The fourth-order valence-corrected chi connectivity index (χ4v) is 3.80. The van der Waals surface area contributed by atoms with Crippen LogP contribution in [-0.2, 0) is 24.4 Å². The Bertz CT molecular complexity index is 826. The van der Waals surface area contributed by atoms with Crippen LogP contribution in [0.15, 0.2) is 59.6 Å². The van der Waals surface area contributed by atoms with Gasteiger partial charge in [0.15, 0.2) is 5.96 Å².